The summed E-state index contributed by atoms with van der Waals surface area (Å²) in [5.74, 6) is -0.416. The van der Waals surface area contributed by atoms with Crippen LogP contribution in [0.15, 0.2) is 52.3 Å². The molecule has 0 aliphatic rings. The van der Waals surface area contributed by atoms with Gasteiger partial charge in [0.05, 0.1) is 18.1 Å². The number of nitriles is 1. The molecule has 0 aliphatic carbocycles. The second kappa shape index (κ2) is 6.19. The molecular weight excluding hydrogens is 302 g/mol. The smallest absolute Gasteiger partial charge is 0.207 e. The van der Waals surface area contributed by atoms with E-state index in [1.165, 1.54) is 30.3 Å². The Morgan fingerprint density at radius 3 is 2.29 bits per heavy atom. The van der Waals surface area contributed by atoms with Gasteiger partial charge in [0, 0.05) is 9.79 Å². The highest BCUT2D eigenvalue weighted by atomic mass is 32.2. The molecule has 0 atom stereocenters. The Labute approximate surface area is 123 Å². The number of rotatable bonds is 3. The van der Waals surface area contributed by atoms with Gasteiger partial charge >= 0.3 is 6.18 Å². The van der Waals surface area contributed by atoms with Gasteiger partial charge in [-0.1, -0.05) is 17.8 Å². The Kier molecular flexibility index (Phi) is 4.53. The molecule has 1 nitrogen and oxygen atoms in total. The van der Waals surface area contributed by atoms with Crippen molar-refractivity contribution in [3.8, 4) is 6.07 Å². The Hall–Kier alpha value is -2.00. The number of nitrogens with zero attached hydrogens (tertiary/aromatic N) is 1. The lowest BCUT2D eigenvalue weighted by molar-refractivity contribution is -0.137. The molecule has 2 aromatic carbocycles. The number of benzene rings is 2. The Morgan fingerprint density at radius 2 is 1.71 bits per heavy atom. The van der Waals surface area contributed by atoms with E-state index < -0.39 is 17.6 Å². The van der Waals surface area contributed by atoms with Gasteiger partial charge in [0.1, 0.15) is 5.82 Å². The van der Waals surface area contributed by atoms with Gasteiger partial charge < -0.3 is 0 Å². The third kappa shape index (κ3) is 3.99. The molecule has 2 rings (SSSR count). The fourth-order valence-electron chi connectivity index (χ4n) is 1.69. The Morgan fingerprint density at radius 1 is 1.05 bits per heavy atom. The second-order valence-corrected chi connectivity index (χ2v) is 5.33. The summed E-state index contributed by atoms with van der Waals surface area (Å²) in [7, 11) is 0. The summed E-state index contributed by atoms with van der Waals surface area (Å²) < 4.78 is 51.1. The SMILES string of the molecule is N#CCc1ccc(C(F)(F)F)cc1Sc1ccc(F)cc1. The number of hydrogen-bond donors (Lipinski definition) is 0. The molecular formula is C15H9F4NS. The topological polar surface area (TPSA) is 23.8 Å². The van der Waals surface area contributed by atoms with Crippen LogP contribution in [0.4, 0.5) is 17.6 Å². The molecule has 0 aromatic heterocycles. The highest BCUT2D eigenvalue weighted by Crippen LogP contribution is 2.36. The Bertz CT molecular complexity index is 672. The summed E-state index contributed by atoms with van der Waals surface area (Å²) in [6, 6.07) is 10.6. The Balaban J connectivity index is 2.39. The van der Waals surface area contributed by atoms with Crippen LogP contribution in [0.2, 0.25) is 0 Å². The zero-order valence-corrected chi connectivity index (χ0v) is 11.4. The van der Waals surface area contributed by atoms with Crippen LogP contribution in [-0.2, 0) is 12.6 Å². The molecule has 0 bridgehead atoms. The van der Waals surface area contributed by atoms with Gasteiger partial charge in [-0.05, 0) is 42.0 Å². The molecule has 2 aromatic rings. The predicted octanol–water partition coefficient (Wildman–Crippen LogP) is 5.06. The lowest BCUT2D eigenvalue weighted by atomic mass is 10.1. The molecule has 0 saturated heterocycles. The molecule has 0 unspecified atom stereocenters. The minimum Gasteiger partial charge on any atom is -0.207 e. The van der Waals surface area contributed by atoms with Crippen LogP contribution < -0.4 is 0 Å². The number of alkyl halides is 3. The van der Waals surface area contributed by atoms with Crippen molar-refractivity contribution in [1.29, 1.82) is 5.26 Å². The van der Waals surface area contributed by atoms with Crippen molar-refractivity contribution >= 4 is 11.8 Å². The van der Waals surface area contributed by atoms with Crippen LogP contribution in [0.5, 0.6) is 0 Å². The third-order valence-corrected chi connectivity index (χ3v) is 3.81. The van der Waals surface area contributed by atoms with Crippen LogP contribution in [0.25, 0.3) is 0 Å². The highest BCUT2D eigenvalue weighted by Gasteiger charge is 2.31. The first-order valence-corrected chi connectivity index (χ1v) is 6.72. The van der Waals surface area contributed by atoms with Crippen molar-refractivity contribution in [3.63, 3.8) is 0 Å². The molecule has 0 heterocycles. The first kappa shape index (κ1) is 15.4. The molecule has 0 fully saturated rings. The van der Waals surface area contributed by atoms with Crippen molar-refractivity contribution in [3.05, 3.63) is 59.4 Å². The van der Waals surface area contributed by atoms with Gasteiger partial charge in [-0.3, -0.25) is 0 Å². The van der Waals surface area contributed by atoms with Crippen molar-refractivity contribution in [2.45, 2.75) is 22.4 Å². The van der Waals surface area contributed by atoms with E-state index in [0.717, 1.165) is 23.9 Å². The summed E-state index contributed by atoms with van der Waals surface area (Å²) in [5, 5.41) is 8.74. The van der Waals surface area contributed by atoms with Crippen molar-refractivity contribution < 1.29 is 17.6 Å². The summed E-state index contributed by atoms with van der Waals surface area (Å²) in [5.41, 5.74) is -0.256. The standard InChI is InChI=1S/C15H9F4NS/c16-12-3-5-13(6-4-12)21-14-9-11(15(17,18)19)2-1-10(14)7-8-20/h1-6,9H,7H2. The number of hydrogen-bond acceptors (Lipinski definition) is 2. The second-order valence-electron chi connectivity index (χ2n) is 4.21. The zero-order valence-electron chi connectivity index (χ0n) is 10.6. The van der Waals surface area contributed by atoms with Crippen LogP contribution in [0, 0.1) is 17.1 Å². The van der Waals surface area contributed by atoms with Crippen LogP contribution in [0.1, 0.15) is 11.1 Å². The van der Waals surface area contributed by atoms with E-state index in [0.29, 0.717) is 15.4 Å². The maximum Gasteiger partial charge on any atom is 0.416 e. The molecule has 21 heavy (non-hydrogen) atoms. The minimum absolute atomic E-state index is 0.0155. The summed E-state index contributed by atoms with van der Waals surface area (Å²) in [6.45, 7) is 0. The average Bonchev–Trinajstić information content (AvgIpc) is 2.42. The van der Waals surface area contributed by atoms with E-state index >= 15 is 0 Å². The lowest BCUT2D eigenvalue weighted by Gasteiger charge is -2.12. The van der Waals surface area contributed by atoms with E-state index in [2.05, 4.69) is 0 Å². The van der Waals surface area contributed by atoms with E-state index in [1.54, 1.807) is 0 Å². The molecule has 0 saturated carbocycles. The summed E-state index contributed by atoms with van der Waals surface area (Å²) >= 11 is 1.08. The van der Waals surface area contributed by atoms with E-state index in [1.807, 2.05) is 6.07 Å². The molecule has 0 radical (unpaired) electrons. The molecule has 108 valence electrons. The summed E-state index contributed by atoms with van der Waals surface area (Å²) in [4.78, 5) is 0.952. The molecule has 0 aliphatic heterocycles. The minimum atomic E-state index is -4.44. The fourth-order valence-corrected chi connectivity index (χ4v) is 2.67. The third-order valence-electron chi connectivity index (χ3n) is 2.71. The number of halogens is 4. The van der Waals surface area contributed by atoms with Gasteiger partial charge in [0.2, 0.25) is 0 Å². The predicted molar refractivity (Wildman–Crippen MR) is 71.3 cm³/mol. The normalized spacial score (nSPS) is 11.2. The van der Waals surface area contributed by atoms with Gasteiger partial charge in [0.15, 0.2) is 0 Å². The molecule has 0 N–H and O–H groups in total. The van der Waals surface area contributed by atoms with Crippen molar-refractivity contribution in [1.82, 2.24) is 0 Å². The van der Waals surface area contributed by atoms with E-state index in [-0.39, 0.29) is 6.42 Å². The van der Waals surface area contributed by atoms with E-state index in [9.17, 15) is 17.6 Å². The first-order valence-electron chi connectivity index (χ1n) is 5.90. The van der Waals surface area contributed by atoms with Gasteiger partial charge in [-0.15, -0.1) is 0 Å². The molecule has 6 heteroatoms. The highest BCUT2D eigenvalue weighted by molar-refractivity contribution is 7.99. The molecule has 0 spiro atoms. The quantitative estimate of drug-likeness (QED) is 0.740. The largest absolute Gasteiger partial charge is 0.416 e. The van der Waals surface area contributed by atoms with Gasteiger partial charge in [-0.25, -0.2) is 4.39 Å². The lowest BCUT2D eigenvalue weighted by Crippen LogP contribution is -2.05. The van der Waals surface area contributed by atoms with Crippen molar-refractivity contribution in [2.75, 3.05) is 0 Å². The summed E-state index contributed by atoms with van der Waals surface area (Å²) in [6.07, 6.45) is -4.43. The average molecular weight is 311 g/mol. The van der Waals surface area contributed by atoms with Gasteiger partial charge in [0.25, 0.3) is 0 Å². The zero-order chi connectivity index (χ0) is 15.5. The maximum absolute atomic E-state index is 12.8. The monoisotopic (exact) mass is 311 g/mol. The van der Waals surface area contributed by atoms with Crippen LogP contribution >= 0.6 is 11.8 Å². The van der Waals surface area contributed by atoms with Crippen molar-refractivity contribution in [2.24, 2.45) is 0 Å². The van der Waals surface area contributed by atoms with Crippen LogP contribution in [-0.4, -0.2) is 0 Å². The first-order chi connectivity index (χ1) is 9.90. The van der Waals surface area contributed by atoms with Gasteiger partial charge in [-0.2, -0.15) is 18.4 Å². The van der Waals surface area contributed by atoms with E-state index in [4.69, 9.17) is 5.26 Å². The fraction of sp³-hybridized carbons (Fsp3) is 0.133. The van der Waals surface area contributed by atoms with Crippen LogP contribution in [0.3, 0.4) is 0 Å². The maximum atomic E-state index is 12.8. The molecule has 0 amide bonds.